The van der Waals surface area contributed by atoms with Crippen LogP contribution in [0, 0.1) is 6.92 Å². The Morgan fingerprint density at radius 1 is 1.03 bits per heavy atom. The molecule has 4 rings (SSSR count). The van der Waals surface area contributed by atoms with Crippen LogP contribution in [-0.2, 0) is 0 Å². The highest BCUT2D eigenvalue weighted by Crippen LogP contribution is 2.39. The second-order valence-electron chi connectivity index (χ2n) is 7.81. The van der Waals surface area contributed by atoms with E-state index in [-0.39, 0.29) is 11.8 Å². The van der Waals surface area contributed by atoms with Gasteiger partial charge in [-0.3, -0.25) is 4.79 Å². The predicted molar refractivity (Wildman–Crippen MR) is 118 cm³/mol. The van der Waals surface area contributed by atoms with Crippen molar-refractivity contribution in [2.24, 2.45) is 0 Å². The maximum absolute atomic E-state index is 13.1. The van der Waals surface area contributed by atoms with E-state index in [4.69, 9.17) is 18.7 Å². The van der Waals surface area contributed by atoms with E-state index in [1.165, 1.54) is 21.3 Å². The minimum absolute atomic E-state index is 0.0729. The number of aromatic nitrogens is 2. The molecule has 0 N–H and O–H groups in total. The number of methoxy groups -OCH3 is 3. The molecule has 3 aromatic rings. The standard InChI is InChI=1S/C24H27N3O5/c1-15-6-5-7-17(12-15)23-25-22(26-32-23)16-8-10-27(11-9-16)24(28)18-13-19(29-2)21(31-4)20(14-18)30-3/h5-7,12-14,16H,8-11H2,1-4H3. The maximum atomic E-state index is 13.1. The van der Waals surface area contributed by atoms with Crippen LogP contribution in [0.25, 0.3) is 11.5 Å². The number of benzene rings is 2. The minimum Gasteiger partial charge on any atom is -0.493 e. The van der Waals surface area contributed by atoms with E-state index in [0.717, 1.165) is 24.0 Å². The lowest BCUT2D eigenvalue weighted by Crippen LogP contribution is -2.38. The van der Waals surface area contributed by atoms with Crippen molar-refractivity contribution < 1.29 is 23.5 Å². The van der Waals surface area contributed by atoms with E-state index >= 15 is 0 Å². The number of hydrogen-bond acceptors (Lipinski definition) is 7. The first-order chi connectivity index (χ1) is 15.5. The van der Waals surface area contributed by atoms with Gasteiger partial charge in [0.2, 0.25) is 5.75 Å². The first-order valence-electron chi connectivity index (χ1n) is 10.5. The molecule has 168 valence electrons. The van der Waals surface area contributed by atoms with Crippen molar-refractivity contribution in [2.75, 3.05) is 34.4 Å². The van der Waals surface area contributed by atoms with Crippen molar-refractivity contribution in [2.45, 2.75) is 25.7 Å². The molecule has 1 amide bonds. The monoisotopic (exact) mass is 437 g/mol. The van der Waals surface area contributed by atoms with Gasteiger partial charge >= 0.3 is 0 Å². The number of hydrogen-bond donors (Lipinski definition) is 0. The smallest absolute Gasteiger partial charge is 0.257 e. The maximum Gasteiger partial charge on any atom is 0.257 e. The number of amides is 1. The average molecular weight is 437 g/mol. The second kappa shape index (κ2) is 9.30. The summed E-state index contributed by atoms with van der Waals surface area (Å²) in [7, 11) is 4.61. The molecule has 2 aromatic carbocycles. The number of ether oxygens (including phenoxy) is 3. The lowest BCUT2D eigenvalue weighted by Gasteiger charge is -2.31. The predicted octanol–water partition coefficient (Wildman–Crippen LogP) is 4.09. The van der Waals surface area contributed by atoms with Gasteiger partial charge < -0.3 is 23.6 Å². The van der Waals surface area contributed by atoms with Crippen LogP contribution in [-0.4, -0.2) is 55.4 Å². The summed E-state index contributed by atoms with van der Waals surface area (Å²) in [4.78, 5) is 19.6. The summed E-state index contributed by atoms with van der Waals surface area (Å²) >= 11 is 0. The average Bonchev–Trinajstić information content (AvgIpc) is 3.33. The number of nitrogens with zero attached hydrogens (tertiary/aromatic N) is 3. The van der Waals surface area contributed by atoms with Crippen molar-refractivity contribution in [1.82, 2.24) is 15.0 Å². The zero-order chi connectivity index (χ0) is 22.7. The highest BCUT2D eigenvalue weighted by molar-refractivity contribution is 5.95. The molecule has 0 radical (unpaired) electrons. The van der Waals surface area contributed by atoms with Crippen molar-refractivity contribution >= 4 is 5.91 Å². The lowest BCUT2D eigenvalue weighted by atomic mass is 9.95. The highest BCUT2D eigenvalue weighted by Gasteiger charge is 2.29. The van der Waals surface area contributed by atoms with Crippen LogP contribution >= 0.6 is 0 Å². The molecule has 0 spiro atoms. The SMILES string of the molecule is COc1cc(C(=O)N2CCC(c3noc(-c4cccc(C)c4)n3)CC2)cc(OC)c1OC. The van der Waals surface area contributed by atoms with Gasteiger partial charge in [-0.25, -0.2) is 0 Å². The summed E-state index contributed by atoms with van der Waals surface area (Å²) < 4.78 is 21.6. The van der Waals surface area contributed by atoms with Gasteiger partial charge in [-0.1, -0.05) is 22.9 Å². The quantitative estimate of drug-likeness (QED) is 0.574. The van der Waals surface area contributed by atoms with Gasteiger partial charge in [-0.05, 0) is 44.0 Å². The molecule has 0 unspecified atom stereocenters. The molecule has 32 heavy (non-hydrogen) atoms. The van der Waals surface area contributed by atoms with Crippen molar-refractivity contribution in [3.05, 3.63) is 53.3 Å². The molecular formula is C24H27N3O5. The molecule has 0 aliphatic carbocycles. The first kappa shape index (κ1) is 21.7. The zero-order valence-electron chi connectivity index (χ0n) is 18.8. The summed E-state index contributed by atoms with van der Waals surface area (Å²) in [6, 6.07) is 11.4. The molecule has 0 bridgehead atoms. The fourth-order valence-corrected chi connectivity index (χ4v) is 4.02. The third kappa shape index (κ3) is 4.26. The van der Waals surface area contributed by atoms with E-state index < -0.39 is 0 Å². The third-order valence-corrected chi connectivity index (χ3v) is 5.77. The molecule has 1 aromatic heterocycles. The topological polar surface area (TPSA) is 86.9 Å². The Labute approximate surface area is 187 Å². The van der Waals surface area contributed by atoms with Gasteiger partial charge in [0, 0.05) is 30.1 Å². The Hall–Kier alpha value is -3.55. The molecule has 0 atom stereocenters. The van der Waals surface area contributed by atoms with Crippen LogP contribution in [0.4, 0.5) is 0 Å². The molecule has 1 fully saturated rings. The zero-order valence-corrected chi connectivity index (χ0v) is 18.8. The van der Waals surface area contributed by atoms with Crippen LogP contribution in [0.2, 0.25) is 0 Å². The van der Waals surface area contributed by atoms with Gasteiger partial charge in [0.25, 0.3) is 11.8 Å². The van der Waals surface area contributed by atoms with Gasteiger partial charge in [0.1, 0.15) is 0 Å². The fraction of sp³-hybridized carbons (Fsp3) is 0.375. The fourth-order valence-electron chi connectivity index (χ4n) is 4.02. The van der Waals surface area contributed by atoms with Crippen LogP contribution in [0.15, 0.2) is 40.9 Å². The largest absolute Gasteiger partial charge is 0.493 e. The highest BCUT2D eigenvalue weighted by atomic mass is 16.5. The van der Waals surface area contributed by atoms with Crippen LogP contribution in [0.1, 0.15) is 40.5 Å². The molecule has 1 saturated heterocycles. The molecule has 1 aliphatic heterocycles. The van der Waals surface area contributed by atoms with E-state index in [2.05, 4.69) is 10.1 Å². The number of aryl methyl sites for hydroxylation is 1. The Morgan fingerprint density at radius 2 is 1.72 bits per heavy atom. The lowest BCUT2D eigenvalue weighted by molar-refractivity contribution is 0.0709. The van der Waals surface area contributed by atoms with Crippen LogP contribution in [0.5, 0.6) is 17.2 Å². The first-order valence-corrected chi connectivity index (χ1v) is 10.5. The third-order valence-electron chi connectivity index (χ3n) is 5.77. The van der Waals surface area contributed by atoms with Crippen LogP contribution < -0.4 is 14.2 Å². The van der Waals surface area contributed by atoms with Gasteiger partial charge in [0.05, 0.1) is 21.3 Å². The molecule has 8 nitrogen and oxygen atoms in total. The molecule has 8 heteroatoms. The Balaban J connectivity index is 1.45. The van der Waals surface area contributed by atoms with Crippen molar-refractivity contribution in [3.63, 3.8) is 0 Å². The summed E-state index contributed by atoms with van der Waals surface area (Å²) in [6.45, 7) is 3.24. The number of piperidine rings is 1. The molecule has 1 aliphatic rings. The summed E-state index contributed by atoms with van der Waals surface area (Å²) in [5, 5.41) is 4.20. The summed E-state index contributed by atoms with van der Waals surface area (Å²) in [5.74, 6) is 2.69. The molecule has 2 heterocycles. The number of carbonyl (C=O) groups is 1. The molecule has 0 saturated carbocycles. The van der Waals surface area contributed by atoms with Gasteiger partial charge in [-0.15, -0.1) is 0 Å². The normalized spacial score (nSPS) is 14.3. The van der Waals surface area contributed by atoms with E-state index in [1.54, 1.807) is 12.1 Å². The van der Waals surface area contributed by atoms with Crippen molar-refractivity contribution in [3.8, 4) is 28.7 Å². The number of rotatable bonds is 6. The van der Waals surface area contributed by atoms with E-state index in [0.29, 0.717) is 47.6 Å². The number of likely N-dealkylation sites (tertiary alicyclic amines) is 1. The summed E-state index contributed by atoms with van der Waals surface area (Å²) in [5.41, 5.74) is 2.55. The van der Waals surface area contributed by atoms with Crippen molar-refractivity contribution in [1.29, 1.82) is 0 Å². The van der Waals surface area contributed by atoms with E-state index in [9.17, 15) is 4.79 Å². The van der Waals surface area contributed by atoms with Crippen LogP contribution in [0.3, 0.4) is 0 Å². The molecular weight excluding hydrogens is 410 g/mol. The summed E-state index contributed by atoms with van der Waals surface area (Å²) in [6.07, 6.45) is 1.53. The van der Waals surface area contributed by atoms with Gasteiger partial charge in [0.15, 0.2) is 17.3 Å². The Morgan fingerprint density at radius 3 is 2.31 bits per heavy atom. The van der Waals surface area contributed by atoms with Gasteiger partial charge in [-0.2, -0.15) is 4.98 Å². The Bertz CT molecular complexity index is 1080. The Kier molecular flexibility index (Phi) is 6.30. The minimum atomic E-state index is -0.0729. The second-order valence-corrected chi connectivity index (χ2v) is 7.81. The van der Waals surface area contributed by atoms with E-state index in [1.807, 2.05) is 36.1 Å². The number of carbonyl (C=O) groups excluding carboxylic acids is 1.